The van der Waals surface area contributed by atoms with E-state index in [-0.39, 0.29) is 17.5 Å². The molecule has 0 aliphatic carbocycles. The average Bonchev–Trinajstić information content (AvgIpc) is 2.39. The highest BCUT2D eigenvalue weighted by Crippen LogP contribution is 2.22. The maximum Gasteiger partial charge on any atom is 0.271 e. The Morgan fingerprint density at radius 2 is 1.95 bits per heavy atom. The van der Waals surface area contributed by atoms with Crippen LogP contribution in [-0.2, 0) is 0 Å². The molecule has 1 atom stereocenters. The van der Waals surface area contributed by atoms with E-state index in [2.05, 4.69) is 5.32 Å². The first-order valence-electron chi connectivity index (χ1n) is 5.83. The van der Waals surface area contributed by atoms with E-state index in [1.165, 1.54) is 24.3 Å². The molecule has 0 aliphatic rings. The molecule has 1 unspecified atom stereocenters. The van der Waals surface area contributed by atoms with Gasteiger partial charge in [0.2, 0.25) is 0 Å². The van der Waals surface area contributed by atoms with E-state index in [0.717, 1.165) is 5.56 Å². The summed E-state index contributed by atoms with van der Waals surface area (Å²) in [6, 6.07) is 12.3. The molecule has 0 amide bonds. The molecule has 0 radical (unpaired) electrons. The van der Waals surface area contributed by atoms with Crippen LogP contribution in [0.3, 0.4) is 0 Å². The third-order valence-electron chi connectivity index (χ3n) is 2.79. The lowest BCUT2D eigenvalue weighted by atomic mass is 10.1. The number of nitro groups is 1. The summed E-state index contributed by atoms with van der Waals surface area (Å²) < 4.78 is 13.1. The predicted molar refractivity (Wildman–Crippen MR) is 71.5 cm³/mol. The highest BCUT2D eigenvalue weighted by Gasteiger charge is 2.09. The third kappa shape index (κ3) is 3.28. The van der Waals surface area contributed by atoms with E-state index < -0.39 is 4.92 Å². The van der Waals surface area contributed by atoms with Crippen LogP contribution >= 0.6 is 0 Å². The normalized spacial score (nSPS) is 11.9. The molecular formula is C14H13FN2O2. The number of halogens is 1. The monoisotopic (exact) mass is 260 g/mol. The van der Waals surface area contributed by atoms with Crippen molar-refractivity contribution in [2.24, 2.45) is 0 Å². The van der Waals surface area contributed by atoms with E-state index in [1.807, 2.05) is 6.92 Å². The van der Waals surface area contributed by atoms with Gasteiger partial charge in [-0.25, -0.2) is 4.39 Å². The van der Waals surface area contributed by atoms with Crippen LogP contribution in [0.1, 0.15) is 18.5 Å². The zero-order chi connectivity index (χ0) is 13.8. The molecule has 0 aliphatic heterocycles. The van der Waals surface area contributed by atoms with Crippen LogP contribution in [0.2, 0.25) is 0 Å². The first-order chi connectivity index (χ1) is 9.06. The van der Waals surface area contributed by atoms with E-state index in [9.17, 15) is 14.5 Å². The Morgan fingerprint density at radius 1 is 1.21 bits per heavy atom. The summed E-state index contributed by atoms with van der Waals surface area (Å²) in [6.45, 7) is 1.87. The number of non-ortho nitro benzene ring substituents is 1. The fourth-order valence-corrected chi connectivity index (χ4v) is 1.82. The smallest absolute Gasteiger partial charge is 0.271 e. The highest BCUT2D eigenvalue weighted by molar-refractivity contribution is 5.52. The lowest BCUT2D eigenvalue weighted by molar-refractivity contribution is -0.384. The Hall–Kier alpha value is -2.43. The van der Waals surface area contributed by atoms with Gasteiger partial charge in [-0.3, -0.25) is 10.1 Å². The third-order valence-corrected chi connectivity index (χ3v) is 2.79. The minimum Gasteiger partial charge on any atom is -0.378 e. The van der Waals surface area contributed by atoms with Crippen LogP contribution in [0.25, 0.3) is 0 Å². The van der Waals surface area contributed by atoms with Gasteiger partial charge in [0.1, 0.15) is 5.82 Å². The summed E-state index contributed by atoms with van der Waals surface area (Å²) in [5.74, 6) is -0.301. The molecule has 98 valence electrons. The van der Waals surface area contributed by atoms with Gasteiger partial charge in [0.05, 0.1) is 4.92 Å². The van der Waals surface area contributed by atoms with Gasteiger partial charge in [0.25, 0.3) is 5.69 Å². The zero-order valence-electron chi connectivity index (χ0n) is 10.3. The second-order valence-electron chi connectivity index (χ2n) is 4.23. The lowest BCUT2D eigenvalue weighted by Gasteiger charge is -2.15. The number of hydrogen-bond acceptors (Lipinski definition) is 3. The van der Waals surface area contributed by atoms with Gasteiger partial charge < -0.3 is 5.32 Å². The van der Waals surface area contributed by atoms with Crippen LogP contribution in [0.4, 0.5) is 15.8 Å². The summed E-state index contributed by atoms with van der Waals surface area (Å²) in [7, 11) is 0. The van der Waals surface area contributed by atoms with E-state index in [1.54, 1.807) is 24.3 Å². The first kappa shape index (κ1) is 13.0. The Labute approximate surface area is 110 Å². The Bertz CT molecular complexity index is 602. The van der Waals surface area contributed by atoms with Gasteiger partial charge in [-0.05, 0) is 30.7 Å². The molecule has 1 N–H and O–H groups in total. The van der Waals surface area contributed by atoms with Gasteiger partial charge in [0, 0.05) is 23.9 Å². The summed E-state index contributed by atoms with van der Waals surface area (Å²) >= 11 is 0. The van der Waals surface area contributed by atoms with E-state index >= 15 is 0 Å². The van der Waals surface area contributed by atoms with Crippen molar-refractivity contribution >= 4 is 11.4 Å². The summed E-state index contributed by atoms with van der Waals surface area (Å²) in [5, 5.41) is 13.8. The predicted octanol–water partition coefficient (Wildman–Crippen LogP) is 3.91. The van der Waals surface area contributed by atoms with Crippen molar-refractivity contribution in [1.82, 2.24) is 0 Å². The Kier molecular flexibility index (Phi) is 3.75. The summed E-state index contributed by atoms with van der Waals surface area (Å²) in [5.41, 5.74) is 1.44. The fourth-order valence-electron chi connectivity index (χ4n) is 1.82. The molecule has 2 aromatic rings. The molecule has 19 heavy (non-hydrogen) atoms. The summed E-state index contributed by atoms with van der Waals surface area (Å²) in [4.78, 5) is 10.2. The van der Waals surface area contributed by atoms with Gasteiger partial charge in [-0.15, -0.1) is 0 Å². The van der Waals surface area contributed by atoms with Crippen molar-refractivity contribution in [2.45, 2.75) is 13.0 Å². The number of anilines is 1. The first-order valence-corrected chi connectivity index (χ1v) is 5.83. The van der Waals surface area contributed by atoms with Crippen molar-refractivity contribution in [1.29, 1.82) is 0 Å². The van der Waals surface area contributed by atoms with Crippen LogP contribution in [-0.4, -0.2) is 4.92 Å². The minimum atomic E-state index is -0.446. The molecule has 2 rings (SSSR count). The molecule has 0 heterocycles. The van der Waals surface area contributed by atoms with Crippen molar-refractivity contribution in [2.75, 3.05) is 5.32 Å². The lowest BCUT2D eigenvalue weighted by Crippen LogP contribution is -2.07. The van der Waals surface area contributed by atoms with Crippen LogP contribution in [0, 0.1) is 15.9 Å². The summed E-state index contributed by atoms with van der Waals surface area (Å²) in [6.07, 6.45) is 0. The SMILES string of the molecule is CC(Nc1cccc([N+](=O)[O-])c1)c1cccc(F)c1. The highest BCUT2D eigenvalue weighted by atomic mass is 19.1. The van der Waals surface area contributed by atoms with Crippen LogP contribution < -0.4 is 5.32 Å². The van der Waals surface area contributed by atoms with Crippen LogP contribution in [0.5, 0.6) is 0 Å². The maximum atomic E-state index is 13.1. The second kappa shape index (κ2) is 5.48. The maximum absolute atomic E-state index is 13.1. The largest absolute Gasteiger partial charge is 0.378 e. The van der Waals surface area contributed by atoms with Gasteiger partial charge in [-0.2, -0.15) is 0 Å². The number of hydrogen-bond donors (Lipinski definition) is 1. The molecular weight excluding hydrogens is 247 g/mol. The van der Waals surface area contributed by atoms with E-state index in [4.69, 9.17) is 0 Å². The zero-order valence-corrected chi connectivity index (χ0v) is 10.3. The molecule has 5 heteroatoms. The van der Waals surface area contributed by atoms with Crippen molar-refractivity contribution in [3.63, 3.8) is 0 Å². The Balaban J connectivity index is 2.17. The molecule has 0 aromatic heterocycles. The molecule has 0 saturated heterocycles. The van der Waals surface area contributed by atoms with Gasteiger partial charge in [0.15, 0.2) is 0 Å². The second-order valence-corrected chi connectivity index (χ2v) is 4.23. The number of nitro benzene ring substituents is 1. The Morgan fingerprint density at radius 3 is 2.63 bits per heavy atom. The molecule has 0 fully saturated rings. The van der Waals surface area contributed by atoms with Crippen LogP contribution in [0.15, 0.2) is 48.5 Å². The van der Waals surface area contributed by atoms with Crippen molar-refractivity contribution < 1.29 is 9.31 Å². The molecule has 0 spiro atoms. The van der Waals surface area contributed by atoms with Gasteiger partial charge in [-0.1, -0.05) is 18.2 Å². The molecule has 4 nitrogen and oxygen atoms in total. The number of rotatable bonds is 4. The standard InChI is InChI=1S/C14H13FN2O2/c1-10(11-4-2-5-12(15)8-11)16-13-6-3-7-14(9-13)17(18)19/h2-10,16H,1H3. The van der Waals surface area contributed by atoms with E-state index in [0.29, 0.717) is 5.69 Å². The number of nitrogens with zero attached hydrogens (tertiary/aromatic N) is 1. The topological polar surface area (TPSA) is 55.2 Å². The molecule has 2 aromatic carbocycles. The quantitative estimate of drug-likeness (QED) is 0.669. The van der Waals surface area contributed by atoms with Gasteiger partial charge >= 0.3 is 0 Å². The number of nitrogens with one attached hydrogen (secondary N) is 1. The average molecular weight is 260 g/mol. The van der Waals surface area contributed by atoms with Crippen molar-refractivity contribution in [3.8, 4) is 0 Å². The number of benzene rings is 2. The molecule has 0 bridgehead atoms. The molecule has 0 saturated carbocycles. The fraction of sp³-hybridized carbons (Fsp3) is 0.143. The minimum absolute atomic E-state index is 0.0245. The van der Waals surface area contributed by atoms with Crippen molar-refractivity contribution in [3.05, 3.63) is 70.0 Å².